The average molecular weight is 886 g/mol. The van der Waals surface area contributed by atoms with E-state index in [1.54, 1.807) is 36.4 Å². The zero-order valence-electron chi connectivity index (χ0n) is 31.5. The van der Waals surface area contributed by atoms with E-state index in [-0.39, 0.29) is 34.0 Å². The molecule has 0 fully saturated rings. The van der Waals surface area contributed by atoms with Crippen LogP contribution < -0.4 is 25.6 Å². The second kappa shape index (κ2) is 16.2. The number of methoxy groups -OCH3 is 2. The summed E-state index contributed by atoms with van der Waals surface area (Å²) >= 11 is 0. The summed E-state index contributed by atoms with van der Waals surface area (Å²) in [6, 6.07) is 26.4. The number of hydrazone groups is 2. The highest BCUT2D eigenvalue weighted by Crippen LogP contribution is 2.37. The van der Waals surface area contributed by atoms with Crippen molar-refractivity contribution in [2.75, 3.05) is 30.4 Å². The number of ketones is 2. The monoisotopic (exact) mass is 885 g/mol. The Morgan fingerprint density at radius 1 is 0.557 bits per heavy atom. The van der Waals surface area contributed by atoms with Crippen molar-refractivity contribution in [3.8, 4) is 22.6 Å². The molecule has 2 aliphatic rings. The van der Waals surface area contributed by atoms with Crippen LogP contribution in [0.25, 0.3) is 22.1 Å². The summed E-state index contributed by atoms with van der Waals surface area (Å²) in [6.45, 7) is 0. The lowest BCUT2D eigenvalue weighted by Crippen LogP contribution is -2.27. The maximum atomic E-state index is 13.6. The Morgan fingerprint density at radius 3 is 1.74 bits per heavy atom. The Bertz CT molecular complexity index is 3150. The van der Waals surface area contributed by atoms with Crippen LogP contribution in [0, 0.1) is 0 Å². The highest BCUT2D eigenvalue weighted by molar-refractivity contribution is 7.95. The number of fused-ring (bicyclic) bond motifs is 2. The zero-order valence-corrected chi connectivity index (χ0v) is 34.0. The van der Waals surface area contributed by atoms with Gasteiger partial charge in [0, 0.05) is 22.5 Å². The summed E-state index contributed by atoms with van der Waals surface area (Å²) in [5.74, 6) is -1.47. The second-order valence-electron chi connectivity index (χ2n) is 13.1. The predicted octanol–water partition coefficient (Wildman–Crippen LogP) is 6.15. The van der Waals surface area contributed by atoms with Gasteiger partial charge in [-0.05, 0) is 89.5 Å². The second-order valence-corrected chi connectivity index (χ2v) is 17.3. The van der Waals surface area contributed by atoms with Gasteiger partial charge < -0.3 is 14.8 Å². The van der Waals surface area contributed by atoms with Crippen LogP contribution in [0.4, 0.5) is 22.7 Å². The standard InChI is InChI=1S/C40H31N5O13S3/c1-57-32-18-22(11-15-29(32)42-44-31-21-35(60(51,52)53)28-9-6-10-34(59(48,49)50)37(28)40(31)47)23-12-16-30(33(19-23)58-2)43-45-38-36(61(54,55)56)20-24-17-26(13-14-27(24)39(38)46)41-25-7-4-3-5-8-25/h3-21,41-43H,1-2H3,(H,48,49,50)(H,51,52,53)(H,54,55,56). The number of Topliss-reactive ketones (excluding diaryl/α,β-unsaturated/α-hetero) is 2. The van der Waals surface area contributed by atoms with E-state index in [0.717, 1.165) is 36.0 Å². The third-order valence-corrected chi connectivity index (χ3v) is 11.9. The van der Waals surface area contributed by atoms with Crippen molar-refractivity contribution < 1.29 is 58.0 Å². The maximum Gasteiger partial charge on any atom is 0.296 e. The van der Waals surface area contributed by atoms with Crippen LogP contribution in [0.2, 0.25) is 0 Å². The van der Waals surface area contributed by atoms with Crippen LogP contribution in [0.15, 0.2) is 129 Å². The first-order valence-corrected chi connectivity index (χ1v) is 21.8. The predicted molar refractivity (Wildman–Crippen MR) is 227 cm³/mol. The van der Waals surface area contributed by atoms with E-state index in [4.69, 9.17) is 9.47 Å². The minimum absolute atomic E-state index is 0.147. The third kappa shape index (κ3) is 8.68. The quantitative estimate of drug-likeness (QED) is 0.0606. The normalized spacial score (nSPS) is 15.4. The number of carbonyl (C=O) groups is 2. The molecular formula is C40H31N5O13S3. The van der Waals surface area contributed by atoms with Crippen molar-refractivity contribution in [2.45, 2.75) is 4.90 Å². The first-order chi connectivity index (χ1) is 28.9. The Hall–Kier alpha value is -7.01. The molecule has 0 saturated carbocycles. The van der Waals surface area contributed by atoms with Gasteiger partial charge in [0.2, 0.25) is 11.6 Å². The molecule has 5 aromatic rings. The van der Waals surface area contributed by atoms with Gasteiger partial charge in [-0.2, -0.15) is 35.5 Å². The molecule has 0 radical (unpaired) electrons. The van der Waals surface area contributed by atoms with Gasteiger partial charge in [0.1, 0.15) is 31.9 Å². The van der Waals surface area contributed by atoms with E-state index in [9.17, 15) is 48.5 Å². The van der Waals surface area contributed by atoms with Gasteiger partial charge in [-0.1, -0.05) is 42.5 Å². The molecule has 2 aliphatic carbocycles. The zero-order chi connectivity index (χ0) is 43.9. The molecule has 5 aromatic carbocycles. The summed E-state index contributed by atoms with van der Waals surface area (Å²) in [5.41, 5.74) is 6.10. The molecule has 0 spiro atoms. The number of anilines is 4. The minimum atomic E-state index is -5.02. The number of hydrogen-bond acceptors (Lipinski definition) is 15. The number of rotatable bonds is 12. The van der Waals surface area contributed by atoms with E-state index in [0.29, 0.717) is 16.8 Å². The number of nitrogens with one attached hydrogen (secondary N) is 3. The molecule has 7 rings (SSSR count). The van der Waals surface area contributed by atoms with Crippen LogP contribution in [-0.4, -0.2) is 76.1 Å². The van der Waals surface area contributed by atoms with E-state index in [2.05, 4.69) is 26.4 Å². The van der Waals surface area contributed by atoms with Crippen molar-refractivity contribution in [3.05, 3.63) is 136 Å². The largest absolute Gasteiger partial charge is 0.494 e. The number of hydrogen-bond donors (Lipinski definition) is 6. The van der Waals surface area contributed by atoms with Gasteiger partial charge in [-0.15, -0.1) is 0 Å². The highest BCUT2D eigenvalue weighted by atomic mass is 32.2. The number of allylic oxidation sites excluding steroid dienone is 2. The molecule has 18 nitrogen and oxygen atoms in total. The molecule has 0 unspecified atom stereocenters. The summed E-state index contributed by atoms with van der Waals surface area (Å²) in [4.78, 5) is 24.6. The van der Waals surface area contributed by atoms with Crippen molar-refractivity contribution in [2.24, 2.45) is 10.2 Å². The Labute approximate surface area is 348 Å². The lowest BCUT2D eigenvalue weighted by molar-refractivity contribution is 0.105. The molecule has 0 saturated heterocycles. The number of carbonyl (C=O) groups excluding carboxylic acids is 2. The van der Waals surface area contributed by atoms with Crippen LogP contribution in [0.5, 0.6) is 11.5 Å². The summed E-state index contributed by atoms with van der Waals surface area (Å²) < 4.78 is 114. The van der Waals surface area contributed by atoms with Gasteiger partial charge in [0.15, 0.2) is 5.71 Å². The number of nitrogens with zero attached hydrogens (tertiary/aromatic N) is 2. The van der Waals surface area contributed by atoms with Gasteiger partial charge in [0.05, 0.1) is 31.2 Å². The topological polar surface area (TPSA) is 277 Å². The Morgan fingerprint density at radius 2 is 1.16 bits per heavy atom. The SMILES string of the molecule is COc1cc(-c2ccc(NN=C3C(=O)c4ccc(Nc5ccccc5)cc4C=C3S(=O)(=O)O)c(OC)c2)ccc1NN=C1C=C(S(=O)(=O)O)c2cccc(S(=O)(=O)O)c2C1=O. The van der Waals surface area contributed by atoms with Crippen LogP contribution in [0.3, 0.4) is 0 Å². The van der Waals surface area contributed by atoms with Gasteiger partial charge in [0.25, 0.3) is 30.4 Å². The molecule has 61 heavy (non-hydrogen) atoms. The number of ether oxygens (including phenoxy) is 2. The van der Waals surface area contributed by atoms with Gasteiger partial charge >= 0.3 is 0 Å². The lowest BCUT2D eigenvalue weighted by atomic mass is 9.94. The lowest BCUT2D eigenvalue weighted by Gasteiger charge is -2.18. The summed E-state index contributed by atoms with van der Waals surface area (Å²) in [7, 11) is -12.3. The Balaban J connectivity index is 1.15. The number of para-hydroxylation sites is 1. The van der Waals surface area contributed by atoms with Crippen molar-refractivity contribution in [1.29, 1.82) is 0 Å². The first kappa shape index (κ1) is 42.1. The average Bonchev–Trinajstić information content (AvgIpc) is 3.22. The smallest absolute Gasteiger partial charge is 0.296 e. The summed E-state index contributed by atoms with van der Waals surface area (Å²) in [5, 5.41) is 11.2. The fraction of sp³-hybridized carbons (Fsp3) is 0.0500. The van der Waals surface area contributed by atoms with Gasteiger partial charge in [-0.3, -0.25) is 34.1 Å². The highest BCUT2D eigenvalue weighted by Gasteiger charge is 2.36. The molecule has 0 heterocycles. The first-order valence-electron chi connectivity index (χ1n) is 17.5. The molecule has 0 bridgehead atoms. The summed E-state index contributed by atoms with van der Waals surface area (Å²) in [6.07, 6.45) is 1.90. The Kier molecular flexibility index (Phi) is 11.2. The third-order valence-electron chi connectivity index (χ3n) is 9.27. The molecule has 0 aromatic heterocycles. The van der Waals surface area contributed by atoms with E-state index in [1.165, 1.54) is 32.4 Å². The molecule has 0 amide bonds. The van der Waals surface area contributed by atoms with E-state index in [1.807, 2.05) is 30.3 Å². The molecule has 6 N–H and O–H groups in total. The fourth-order valence-corrected chi connectivity index (χ4v) is 8.53. The van der Waals surface area contributed by atoms with Crippen LogP contribution in [-0.2, 0) is 30.4 Å². The molecule has 21 heteroatoms. The number of benzene rings is 5. The molecule has 0 aliphatic heterocycles. The molecule has 312 valence electrons. The molecular weight excluding hydrogens is 855 g/mol. The van der Waals surface area contributed by atoms with Crippen LogP contribution >= 0.6 is 0 Å². The van der Waals surface area contributed by atoms with Crippen molar-refractivity contribution in [1.82, 2.24) is 0 Å². The van der Waals surface area contributed by atoms with Crippen molar-refractivity contribution >= 4 is 87.1 Å². The van der Waals surface area contributed by atoms with E-state index >= 15 is 0 Å². The van der Waals surface area contributed by atoms with E-state index < -0.39 is 79.2 Å². The van der Waals surface area contributed by atoms with Crippen LogP contribution in [0.1, 0.15) is 31.8 Å². The van der Waals surface area contributed by atoms with Gasteiger partial charge in [-0.25, -0.2) is 0 Å². The minimum Gasteiger partial charge on any atom is -0.494 e. The maximum absolute atomic E-state index is 13.6. The fourth-order valence-electron chi connectivity index (χ4n) is 6.45. The molecule has 0 atom stereocenters. The van der Waals surface area contributed by atoms with Crippen molar-refractivity contribution in [3.63, 3.8) is 0 Å².